The van der Waals surface area contributed by atoms with Crippen molar-refractivity contribution >= 4 is 37.5 Å². The maximum atomic E-state index is 13.2. The zero-order valence-electron chi connectivity index (χ0n) is 18.6. The number of benzene rings is 2. The number of sulfonamides is 1. The van der Waals surface area contributed by atoms with E-state index in [0.717, 1.165) is 33.5 Å². The Kier molecular flexibility index (Phi) is 6.65. The molecule has 4 rings (SSSR count). The standard InChI is InChI=1S/C24H26FN3O3S2/c1-4-11-28-21-15-16(2)14-17(3)22(21)32-24(28)26-23(29)18-9-12-27(13-10-18)33(30,31)20-7-5-19(25)6-8-20/h4-8,14-15,18H,1,9-13H2,2-3H3. The first-order valence-corrected chi connectivity index (χ1v) is 13.0. The molecule has 9 heteroatoms. The second-order valence-electron chi connectivity index (χ2n) is 8.30. The molecule has 0 unspecified atom stereocenters. The number of hydrogen-bond acceptors (Lipinski definition) is 4. The van der Waals surface area contributed by atoms with Crippen LogP contribution in [-0.2, 0) is 21.4 Å². The summed E-state index contributed by atoms with van der Waals surface area (Å²) in [5.74, 6) is -1.05. The Morgan fingerprint density at radius 2 is 1.88 bits per heavy atom. The Bertz CT molecular complexity index is 1380. The molecule has 2 heterocycles. The maximum absolute atomic E-state index is 13.2. The predicted octanol–water partition coefficient (Wildman–Crippen LogP) is 4.17. The van der Waals surface area contributed by atoms with Gasteiger partial charge in [0.25, 0.3) is 5.91 Å². The number of aryl methyl sites for hydroxylation is 2. The van der Waals surface area contributed by atoms with Gasteiger partial charge in [-0.15, -0.1) is 6.58 Å². The summed E-state index contributed by atoms with van der Waals surface area (Å²) < 4.78 is 43.3. The van der Waals surface area contributed by atoms with Crippen LogP contribution < -0.4 is 4.80 Å². The monoisotopic (exact) mass is 487 g/mol. The van der Waals surface area contributed by atoms with E-state index in [1.165, 1.54) is 27.8 Å². The molecule has 3 aromatic rings. The third kappa shape index (κ3) is 4.71. The molecule has 1 aliphatic rings. The van der Waals surface area contributed by atoms with Gasteiger partial charge in [0.2, 0.25) is 10.0 Å². The minimum absolute atomic E-state index is 0.0553. The summed E-state index contributed by atoms with van der Waals surface area (Å²) >= 11 is 1.49. The molecule has 1 aromatic heterocycles. The Morgan fingerprint density at radius 1 is 1.21 bits per heavy atom. The summed E-state index contributed by atoms with van der Waals surface area (Å²) in [4.78, 5) is 18.1. The fourth-order valence-electron chi connectivity index (χ4n) is 4.19. The number of carbonyl (C=O) groups excluding carboxylic acids is 1. The van der Waals surface area contributed by atoms with E-state index in [-0.39, 0.29) is 29.8 Å². The predicted molar refractivity (Wildman–Crippen MR) is 128 cm³/mol. The lowest BCUT2D eigenvalue weighted by molar-refractivity contribution is -0.122. The summed E-state index contributed by atoms with van der Waals surface area (Å²) in [6.45, 7) is 8.92. The highest BCUT2D eigenvalue weighted by Crippen LogP contribution is 2.26. The summed E-state index contributed by atoms with van der Waals surface area (Å²) in [5, 5.41) is 0. The van der Waals surface area contributed by atoms with Gasteiger partial charge in [-0.3, -0.25) is 4.79 Å². The fraction of sp³-hybridized carbons (Fsp3) is 0.333. The van der Waals surface area contributed by atoms with E-state index in [9.17, 15) is 17.6 Å². The lowest BCUT2D eigenvalue weighted by atomic mass is 9.98. The molecule has 0 aliphatic carbocycles. The van der Waals surface area contributed by atoms with Gasteiger partial charge >= 0.3 is 0 Å². The van der Waals surface area contributed by atoms with Crippen LogP contribution in [0, 0.1) is 25.6 Å². The van der Waals surface area contributed by atoms with Crippen molar-refractivity contribution in [2.75, 3.05) is 13.1 Å². The fourth-order valence-corrected chi connectivity index (χ4v) is 6.75. The van der Waals surface area contributed by atoms with Crippen LogP contribution in [0.4, 0.5) is 4.39 Å². The van der Waals surface area contributed by atoms with Crippen LogP contribution in [0.3, 0.4) is 0 Å². The number of hydrogen-bond donors (Lipinski definition) is 0. The van der Waals surface area contributed by atoms with Gasteiger partial charge in [-0.05, 0) is 68.1 Å². The minimum atomic E-state index is -3.72. The second-order valence-corrected chi connectivity index (χ2v) is 11.2. The van der Waals surface area contributed by atoms with Gasteiger partial charge in [-0.1, -0.05) is 23.5 Å². The summed E-state index contributed by atoms with van der Waals surface area (Å²) in [6.07, 6.45) is 2.58. The van der Waals surface area contributed by atoms with E-state index < -0.39 is 15.8 Å². The number of allylic oxidation sites excluding steroid dienone is 1. The van der Waals surface area contributed by atoms with Crippen molar-refractivity contribution in [3.05, 3.63) is 70.8 Å². The van der Waals surface area contributed by atoms with Gasteiger partial charge in [-0.2, -0.15) is 9.30 Å². The Morgan fingerprint density at radius 3 is 2.52 bits per heavy atom. The van der Waals surface area contributed by atoms with Gasteiger partial charge in [0, 0.05) is 25.6 Å². The summed E-state index contributed by atoms with van der Waals surface area (Å²) in [6, 6.07) is 9.00. The van der Waals surface area contributed by atoms with Crippen LogP contribution in [0.5, 0.6) is 0 Å². The van der Waals surface area contributed by atoms with E-state index in [2.05, 4.69) is 23.7 Å². The highest BCUT2D eigenvalue weighted by molar-refractivity contribution is 7.89. The molecule has 6 nitrogen and oxygen atoms in total. The quantitative estimate of drug-likeness (QED) is 0.507. The molecule has 1 aliphatic heterocycles. The SMILES string of the molecule is C=CCn1c(=NC(=O)C2CCN(S(=O)(=O)c3ccc(F)cc3)CC2)sc2c(C)cc(C)cc21. The average Bonchev–Trinajstić information content (AvgIpc) is 3.12. The number of halogens is 1. The number of carbonyl (C=O) groups is 1. The van der Waals surface area contributed by atoms with Crippen molar-refractivity contribution in [3.8, 4) is 0 Å². The van der Waals surface area contributed by atoms with E-state index in [0.29, 0.717) is 24.2 Å². The topological polar surface area (TPSA) is 71.7 Å². The number of rotatable bonds is 5. The number of nitrogens with zero attached hydrogens (tertiary/aromatic N) is 3. The molecular formula is C24H26FN3O3S2. The zero-order chi connectivity index (χ0) is 23.8. The van der Waals surface area contributed by atoms with Crippen molar-refractivity contribution in [3.63, 3.8) is 0 Å². The highest BCUT2D eigenvalue weighted by Gasteiger charge is 2.32. The third-order valence-electron chi connectivity index (χ3n) is 5.89. The van der Waals surface area contributed by atoms with E-state index in [1.807, 2.05) is 18.4 Å². The summed E-state index contributed by atoms with van der Waals surface area (Å²) in [7, 11) is -3.72. The first kappa shape index (κ1) is 23.5. The van der Waals surface area contributed by atoms with Crippen molar-refractivity contribution < 1.29 is 17.6 Å². The van der Waals surface area contributed by atoms with Gasteiger partial charge < -0.3 is 4.57 Å². The Balaban J connectivity index is 1.55. The lowest BCUT2D eigenvalue weighted by Gasteiger charge is -2.29. The van der Waals surface area contributed by atoms with E-state index in [1.54, 1.807) is 6.08 Å². The molecule has 0 bridgehead atoms. The van der Waals surface area contributed by atoms with E-state index >= 15 is 0 Å². The minimum Gasteiger partial charge on any atom is -0.312 e. The Hall–Kier alpha value is -2.62. The molecule has 1 fully saturated rings. The van der Waals surface area contributed by atoms with Crippen LogP contribution >= 0.6 is 11.3 Å². The number of piperidine rings is 1. The molecule has 0 spiro atoms. The maximum Gasteiger partial charge on any atom is 0.251 e. The van der Waals surface area contributed by atoms with Crippen LogP contribution in [-0.4, -0.2) is 36.3 Å². The van der Waals surface area contributed by atoms with Gasteiger partial charge in [0.05, 0.1) is 15.1 Å². The molecular weight excluding hydrogens is 461 g/mol. The molecule has 0 atom stereocenters. The molecule has 174 valence electrons. The number of thiazole rings is 1. The molecule has 2 aromatic carbocycles. The lowest BCUT2D eigenvalue weighted by Crippen LogP contribution is -2.40. The van der Waals surface area contributed by atoms with Crippen molar-refractivity contribution in [2.45, 2.75) is 38.1 Å². The normalized spacial score (nSPS) is 16.4. The first-order valence-electron chi connectivity index (χ1n) is 10.8. The number of fused-ring (bicyclic) bond motifs is 1. The average molecular weight is 488 g/mol. The van der Waals surface area contributed by atoms with Gasteiger partial charge in [0.15, 0.2) is 4.80 Å². The van der Waals surface area contributed by atoms with Crippen LogP contribution in [0.25, 0.3) is 10.2 Å². The molecule has 0 saturated carbocycles. The number of amides is 1. The van der Waals surface area contributed by atoms with Gasteiger partial charge in [-0.25, -0.2) is 12.8 Å². The molecule has 1 amide bonds. The van der Waals surface area contributed by atoms with Crippen LogP contribution in [0.2, 0.25) is 0 Å². The molecule has 0 radical (unpaired) electrons. The van der Waals surface area contributed by atoms with Crippen molar-refractivity contribution in [1.82, 2.24) is 8.87 Å². The zero-order valence-corrected chi connectivity index (χ0v) is 20.3. The van der Waals surface area contributed by atoms with Crippen molar-refractivity contribution in [2.24, 2.45) is 10.9 Å². The summed E-state index contributed by atoms with van der Waals surface area (Å²) in [5.41, 5.74) is 3.31. The largest absolute Gasteiger partial charge is 0.312 e. The van der Waals surface area contributed by atoms with E-state index in [4.69, 9.17) is 0 Å². The molecule has 33 heavy (non-hydrogen) atoms. The number of aromatic nitrogens is 1. The first-order chi connectivity index (χ1) is 15.7. The van der Waals surface area contributed by atoms with Gasteiger partial charge in [0.1, 0.15) is 5.82 Å². The van der Waals surface area contributed by atoms with Crippen molar-refractivity contribution in [1.29, 1.82) is 0 Å². The van der Waals surface area contributed by atoms with Crippen LogP contribution in [0.1, 0.15) is 24.0 Å². The Labute approximate surface area is 196 Å². The third-order valence-corrected chi connectivity index (χ3v) is 9.03. The molecule has 0 N–H and O–H groups in total. The molecule has 1 saturated heterocycles. The second kappa shape index (κ2) is 9.32. The smallest absolute Gasteiger partial charge is 0.251 e. The highest BCUT2D eigenvalue weighted by atomic mass is 32.2. The van der Waals surface area contributed by atoms with Crippen LogP contribution in [0.15, 0.2) is 58.9 Å².